The van der Waals surface area contributed by atoms with Gasteiger partial charge >= 0.3 is 0 Å². The lowest BCUT2D eigenvalue weighted by Gasteiger charge is -2.10. The van der Waals surface area contributed by atoms with Crippen LogP contribution in [0, 0.1) is 0 Å². The number of benzene rings is 2. The number of methoxy groups -OCH3 is 1. The van der Waals surface area contributed by atoms with Gasteiger partial charge in [-0.15, -0.1) is 0 Å². The number of hydrogen-bond donors (Lipinski definition) is 0. The topological polar surface area (TPSA) is 18.5 Å². The Morgan fingerprint density at radius 3 is 2.32 bits per heavy atom. The van der Waals surface area contributed by atoms with E-state index in [4.69, 9.17) is 32.7 Å². The molecule has 0 aliphatic rings. The Balaban J connectivity index is 2.13. The molecule has 0 aromatic heterocycles. The summed E-state index contributed by atoms with van der Waals surface area (Å²) in [7, 11) is 1.63. The van der Waals surface area contributed by atoms with Gasteiger partial charge in [-0.1, -0.05) is 39.1 Å². The first-order valence-electron chi connectivity index (χ1n) is 5.50. The van der Waals surface area contributed by atoms with Crippen molar-refractivity contribution >= 4 is 39.1 Å². The normalized spacial score (nSPS) is 10.3. The van der Waals surface area contributed by atoms with Crippen LogP contribution < -0.4 is 9.47 Å². The molecule has 2 aromatic carbocycles. The van der Waals surface area contributed by atoms with Crippen LogP contribution in [0.2, 0.25) is 10.0 Å². The summed E-state index contributed by atoms with van der Waals surface area (Å²) in [5.74, 6) is 1.41. The maximum absolute atomic E-state index is 5.92. The maximum Gasteiger partial charge on any atom is 0.122 e. The highest BCUT2D eigenvalue weighted by Crippen LogP contribution is 2.27. The molecule has 0 saturated heterocycles. The van der Waals surface area contributed by atoms with Gasteiger partial charge in [-0.05, 0) is 36.4 Å². The predicted molar refractivity (Wildman–Crippen MR) is 81.5 cm³/mol. The zero-order valence-corrected chi connectivity index (χ0v) is 13.2. The van der Waals surface area contributed by atoms with E-state index >= 15 is 0 Å². The molecule has 5 heteroatoms. The molecule has 0 atom stereocenters. The van der Waals surface area contributed by atoms with E-state index in [9.17, 15) is 0 Å². The molecule has 0 heterocycles. The first-order valence-corrected chi connectivity index (χ1v) is 7.04. The SMILES string of the molecule is COc1ccc(Br)c(COc2cc(Cl)cc(Cl)c2)c1. The van der Waals surface area contributed by atoms with Crippen molar-refractivity contribution in [3.8, 4) is 11.5 Å². The van der Waals surface area contributed by atoms with Gasteiger partial charge in [0.1, 0.15) is 18.1 Å². The van der Waals surface area contributed by atoms with Crippen LogP contribution in [-0.2, 0) is 6.61 Å². The number of halogens is 3. The van der Waals surface area contributed by atoms with E-state index < -0.39 is 0 Å². The first kappa shape index (κ1) is 14.5. The molecule has 0 fully saturated rings. The number of hydrogen-bond acceptors (Lipinski definition) is 2. The molecular formula is C14H11BrCl2O2. The van der Waals surface area contributed by atoms with Gasteiger partial charge in [0.05, 0.1) is 7.11 Å². The maximum atomic E-state index is 5.92. The Kier molecular flexibility index (Phi) is 4.97. The first-order chi connectivity index (χ1) is 9.08. The van der Waals surface area contributed by atoms with Crippen molar-refractivity contribution in [2.75, 3.05) is 7.11 Å². The van der Waals surface area contributed by atoms with Crippen molar-refractivity contribution < 1.29 is 9.47 Å². The minimum atomic E-state index is 0.397. The third-order valence-corrected chi connectivity index (χ3v) is 3.69. The molecule has 0 saturated carbocycles. The van der Waals surface area contributed by atoms with Crippen molar-refractivity contribution in [1.82, 2.24) is 0 Å². The second-order valence-electron chi connectivity index (χ2n) is 3.85. The predicted octanol–water partition coefficient (Wildman–Crippen LogP) is 5.34. The van der Waals surface area contributed by atoms with Crippen LogP contribution in [0.4, 0.5) is 0 Å². The van der Waals surface area contributed by atoms with Crippen LogP contribution >= 0.6 is 39.1 Å². The van der Waals surface area contributed by atoms with Crippen molar-refractivity contribution in [2.45, 2.75) is 6.61 Å². The van der Waals surface area contributed by atoms with Crippen LogP contribution in [-0.4, -0.2) is 7.11 Å². The fraction of sp³-hybridized carbons (Fsp3) is 0.143. The van der Waals surface area contributed by atoms with Gasteiger partial charge in [0.25, 0.3) is 0 Å². The number of rotatable bonds is 4. The van der Waals surface area contributed by atoms with Gasteiger partial charge in [-0.2, -0.15) is 0 Å². The van der Waals surface area contributed by atoms with Crippen LogP contribution in [0.5, 0.6) is 11.5 Å². The van der Waals surface area contributed by atoms with Gasteiger partial charge in [0.15, 0.2) is 0 Å². The molecule has 0 radical (unpaired) electrons. The fourth-order valence-electron chi connectivity index (χ4n) is 1.56. The molecule has 0 unspecified atom stereocenters. The quantitative estimate of drug-likeness (QED) is 0.731. The summed E-state index contributed by atoms with van der Waals surface area (Å²) in [6.45, 7) is 0.397. The lowest BCUT2D eigenvalue weighted by Crippen LogP contribution is -1.97. The molecule has 0 bridgehead atoms. The fourth-order valence-corrected chi connectivity index (χ4v) is 2.43. The summed E-state index contributed by atoms with van der Waals surface area (Å²) in [6.07, 6.45) is 0. The highest BCUT2D eigenvalue weighted by atomic mass is 79.9. The smallest absolute Gasteiger partial charge is 0.122 e. The molecule has 19 heavy (non-hydrogen) atoms. The highest BCUT2D eigenvalue weighted by Gasteiger charge is 2.05. The van der Waals surface area contributed by atoms with E-state index in [1.807, 2.05) is 18.2 Å². The number of ether oxygens (including phenoxy) is 2. The Morgan fingerprint density at radius 1 is 1.00 bits per heavy atom. The third kappa shape index (κ3) is 4.03. The second kappa shape index (κ2) is 6.51. The Bertz CT molecular complexity index is 567. The van der Waals surface area contributed by atoms with E-state index in [1.165, 1.54) is 0 Å². The van der Waals surface area contributed by atoms with E-state index in [1.54, 1.807) is 25.3 Å². The van der Waals surface area contributed by atoms with Gasteiger partial charge in [0, 0.05) is 20.1 Å². The second-order valence-corrected chi connectivity index (χ2v) is 5.58. The molecule has 0 aliphatic heterocycles. The summed E-state index contributed by atoms with van der Waals surface area (Å²) < 4.78 is 11.8. The van der Waals surface area contributed by atoms with Gasteiger partial charge in [0.2, 0.25) is 0 Å². The zero-order chi connectivity index (χ0) is 13.8. The van der Waals surface area contributed by atoms with Crippen LogP contribution in [0.1, 0.15) is 5.56 Å². The molecule has 100 valence electrons. The molecule has 0 aliphatic carbocycles. The summed E-state index contributed by atoms with van der Waals surface area (Å²) in [5.41, 5.74) is 0.982. The highest BCUT2D eigenvalue weighted by molar-refractivity contribution is 9.10. The Labute approximate surface area is 130 Å². The molecular weight excluding hydrogens is 351 g/mol. The van der Waals surface area contributed by atoms with Crippen LogP contribution in [0.3, 0.4) is 0 Å². The van der Waals surface area contributed by atoms with E-state index in [0.29, 0.717) is 22.4 Å². The van der Waals surface area contributed by atoms with Gasteiger partial charge in [-0.25, -0.2) is 0 Å². The summed E-state index contributed by atoms with van der Waals surface area (Å²) in [4.78, 5) is 0. The molecule has 2 rings (SSSR count). The van der Waals surface area contributed by atoms with Crippen molar-refractivity contribution in [1.29, 1.82) is 0 Å². The molecule has 0 N–H and O–H groups in total. The zero-order valence-electron chi connectivity index (χ0n) is 10.1. The van der Waals surface area contributed by atoms with Crippen LogP contribution in [0.25, 0.3) is 0 Å². The summed E-state index contributed by atoms with van der Waals surface area (Å²) in [5, 5.41) is 1.10. The minimum Gasteiger partial charge on any atom is -0.497 e. The lowest BCUT2D eigenvalue weighted by molar-refractivity contribution is 0.304. The Morgan fingerprint density at radius 2 is 1.68 bits per heavy atom. The Hall–Kier alpha value is -0.900. The minimum absolute atomic E-state index is 0.397. The largest absolute Gasteiger partial charge is 0.497 e. The van der Waals surface area contributed by atoms with E-state index in [-0.39, 0.29) is 0 Å². The standard InChI is InChI=1S/C14H11BrCl2O2/c1-18-12-2-3-14(15)9(4-12)8-19-13-6-10(16)5-11(17)7-13/h2-7H,8H2,1H3. The van der Waals surface area contributed by atoms with E-state index in [0.717, 1.165) is 15.8 Å². The van der Waals surface area contributed by atoms with Crippen molar-refractivity contribution in [2.24, 2.45) is 0 Å². The van der Waals surface area contributed by atoms with Crippen molar-refractivity contribution in [3.05, 3.63) is 56.5 Å². The van der Waals surface area contributed by atoms with E-state index in [2.05, 4.69) is 15.9 Å². The summed E-state index contributed by atoms with van der Waals surface area (Å²) in [6, 6.07) is 10.8. The third-order valence-electron chi connectivity index (χ3n) is 2.48. The molecule has 2 aromatic rings. The average molecular weight is 362 g/mol. The van der Waals surface area contributed by atoms with Crippen LogP contribution in [0.15, 0.2) is 40.9 Å². The van der Waals surface area contributed by atoms with Gasteiger partial charge < -0.3 is 9.47 Å². The lowest BCUT2D eigenvalue weighted by atomic mass is 10.2. The average Bonchev–Trinajstić information content (AvgIpc) is 2.37. The molecule has 0 amide bonds. The van der Waals surface area contributed by atoms with Crippen molar-refractivity contribution in [3.63, 3.8) is 0 Å². The summed E-state index contributed by atoms with van der Waals surface area (Å²) >= 11 is 15.3. The molecule has 2 nitrogen and oxygen atoms in total. The monoisotopic (exact) mass is 360 g/mol. The van der Waals surface area contributed by atoms with Gasteiger partial charge in [-0.3, -0.25) is 0 Å². The molecule has 0 spiro atoms.